The number of methoxy groups -OCH3 is 1. The van der Waals surface area contributed by atoms with Crippen LogP contribution in [0.4, 0.5) is 11.4 Å². The lowest BCUT2D eigenvalue weighted by atomic mass is 10.2. The number of hydrogen-bond donors (Lipinski definition) is 1. The third kappa shape index (κ3) is 5.83. The Hall–Kier alpha value is -3.63. The number of non-ortho nitro benzene ring substituents is 1. The summed E-state index contributed by atoms with van der Waals surface area (Å²) in [5, 5.41) is 14.1. The van der Waals surface area contributed by atoms with Crippen molar-refractivity contribution in [2.24, 2.45) is 4.99 Å². The van der Waals surface area contributed by atoms with Crippen LogP contribution >= 0.6 is 27.7 Å². The molecule has 0 aliphatic carbocycles. The van der Waals surface area contributed by atoms with E-state index < -0.39 is 4.92 Å². The maximum absolute atomic E-state index is 12.4. The molecule has 1 aliphatic heterocycles. The number of benzene rings is 3. The lowest BCUT2D eigenvalue weighted by Crippen LogP contribution is -2.19. The number of amides is 1. The molecule has 34 heavy (non-hydrogen) atoms. The van der Waals surface area contributed by atoms with Crippen molar-refractivity contribution >= 4 is 56.2 Å². The smallest absolute Gasteiger partial charge is 0.269 e. The van der Waals surface area contributed by atoms with Gasteiger partial charge in [0.2, 0.25) is 0 Å². The monoisotopic (exact) mass is 539 g/mol. The molecule has 1 amide bonds. The normalized spacial score (nSPS) is 15.4. The van der Waals surface area contributed by atoms with Crippen LogP contribution in [0.25, 0.3) is 6.08 Å². The van der Waals surface area contributed by atoms with Crippen LogP contribution in [0.3, 0.4) is 0 Å². The van der Waals surface area contributed by atoms with Gasteiger partial charge in [-0.2, -0.15) is 0 Å². The summed E-state index contributed by atoms with van der Waals surface area (Å²) in [7, 11) is 1.53. The molecule has 0 spiro atoms. The van der Waals surface area contributed by atoms with Crippen LogP contribution in [0.5, 0.6) is 11.5 Å². The van der Waals surface area contributed by atoms with Gasteiger partial charge in [-0.05, 0) is 71.4 Å². The first-order chi connectivity index (χ1) is 16.4. The summed E-state index contributed by atoms with van der Waals surface area (Å²) in [6.07, 6.45) is 1.76. The largest absolute Gasteiger partial charge is 0.493 e. The molecule has 0 saturated carbocycles. The molecule has 4 rings (SSSR count). The van der Waals surface area contributed by atoms with Gasteiger partial charge in [0, 0.05) is 16.6 Å². The molecule has 3 aromatic rings. The van der Waals surface area contributed by atoms with Crippen molar-refractivity contribution in [3.63, 3.8) is 0 Å². The Balaban J connectivity index is 1.46. The van der Waals surface area contributed by atoms with E-state index in [0.717, 1.165) is 21.3 Å². The zero-order valence-corrected chi connectivity index (χ0v) is 20.3. The maximum Gasteiger partial charge on any atom is 0.269 e. The molecule has 8 nitrogen and oxygen atoms in total. The van der Waals surface area contributed by atoms with E-state index in [1.165, 1.54) is 31.0 Å². The van der Waals surface area contributed by atoms with Crippen LogP contribution < -0.4 is 14.8 Å². The fourth-order valence-electron chi connectivity index (χ4n) is 3.06. The van der Waals surface area contributed by atoms with Crippen LogP contribution in [0.2, 0.25) is 0 Å². The molecule has 1 N–H and O–H groups in total. The number of ether oxygens (including phenoxy) is 2. The molecular weight excluding hydrogens is 522 g/mol. The molecular formula is C24H18BrN3O5S. The first kappa shape index (κ1) is 23.5. The van der Waals surface area contributed by atoms with Gasteiger partial charge < -0.3 is 14.8 Å². The Bertz CT molecular complexity index is 1310. The molecule has 0 radical (unpaired) electrons. The zero-order chi connectivity index (χ0) is 24.1. The Morgan fingerprint density at radius 1 is 1.12 bits per heavy atom. The first-order valence-corrected chi connectivity index (χ1v) is 11.6. The predicted octanol–water partition coefficient (Wildman–Crippen LogP) is 5.84. The summed E-state index contributed by atoms with van der Waals surface area (Å²) >= 11 is 4.67. The number of nitro groups is 1. The van der Waals surface area contributed by atoms with Gasteiger partial charge in [0.15, 0.2) is 16.7 Å². The Labute approximate surface area is 208 Å². The lowest BCUT2D eigenvalue weighted by molar-refractivity contribution is -0.384. The number of nitrogens with zero attached hydrogens (tertiary/aromatic N) is 2. The number of thioether (sulfide) groups is 1. The van der Waals surface area contributed by atoms with Gasteiger partial charge >= 0.3 is 0 Å². The van der Waals surface area contributed by atoms with Gasteiger partial charge in [0.05, 0.1) is 22.6 Å². The highest BCUT2D eigenvalue weighted by atomic mass is 79.9. The maximum atomic E-state index is 12.4. The molecule has 1 aliphatic rings. The molecule has 3 aromatic carbocycles. The van der Waals surface area contributed by atoms with Crippen LogP contribution in [0, 0.1) is 10.1 Å². The zero-order valence-electron chi connectivity index (χ0n) is 17.9. The summed E-state index contributed by atoms with van der Waals surface area (Å²) in [6, 6.07) is 19.0. The summed E-state index contributed by atoms with van der Waals surface area (Å²) in [5.74, 6) is 0.794. The van der Waals surface area contributed by atoms with E-state index in [4.69, 9.17) is 9.47 Å². The van der Waals surface area contributed by atoms with Crippen molar-refractivity contribution < 1.29 is 19.2 Å². The van der Waals surface area contributed by atoms with Crippen molar-refractivity contribution in [2.45, 2.75) is 6.61 Å². The number of carbonyl (C=O) groups excluding carboxylic acids is 1. The quantitative estimate of drug-likeness (QED) is 0.230. The number of rotatable bonds is 7. The highest BCUT2D eigenvalue weighted by molar-refractivity contribution is 9.10. The number of carbonyl (C=O) groups is 1. The standard InChI is InChI=1S/C24H18BrN3O5S/c1-32-21-11-16(7-10-20(21)33-14-15-5-8-19(9-6-15)28(30)31)12-22-23(29)27-24(34-22)26-18-4-2-3-17(25)13-18/h2-13H,14H2,1H3,(H,26,27,29)/b22-12-. The predicted molar refractivity (Wildman–Crippen MR) is 135 cm³/mol. The molecule has 0 bridgehead atoms. The molecule has 0 unspecified atom stereocenters. The second-order valence-corrected chi connectivity index (χ2v) is 9.03. The van der Waals surface area contributed by atoms with Gasteiger partial charge in [-0.1, -0.05) is 28.1 Å². The molecule has 1 saturated heterocycles. The highest BCUT2D eigenvalue weighted by Crippen LogP contribution is 2.33. The SMILES string of the molecule is COc1cc(/C=C2\SC(=Nc3cccc(Br)c3)NC2=O)ccc1OCc1ccc([N+](=O)[O-])cc1. The van der Waals surface area contributed by atoms with E-state index in [9.17, 15) is 14.9 Å². The highest BCUT2D eigenvalue weighted by Gasteiger charge is 2.24. The first-order valence-electron chi connectivity index (χ1n) is 10.0. The third-order valence-electron chi connectivity index (χ3n) is 4.72. The summed E-state index contributed by atoms with van der Waals surface area (Å²) in [4.78, 5) is 27.7. The minimum absolute atomic E-state index is 0.0254. The van der Waals surface area contributed by atoms with Crippen molar-refractivity contribution in [2.75, 3.05) is 7.11 Å². The van der Waals surface area contributed by atoms with Crippen LogP contribution in [-0.4, -0.2) is 23.1 Å². The Morgan fingerprint density at radius 3 is 2.62 bits per heavy atom. The topological polar surface area (TPSA) is 103 Å². The summed E-state index contributed by atoms with van der Waals surface area (Å²) in [6.45, 7) is 0.225. The Kier molecular flexibility index (Phi) is 7.29. The van der Waals surface area contributed by atoms with Gasteiger partial charge in [-0.15, -0.1) is 0 Å². The van der Waals surface area contributed by atoms with Crippen molar-refractivity contribution in [3.8, 4) is 11.5 Å². The van der Waals surface area contributed by atoms with Crippen LogP contribution in [0.15, 0.2) is 81.1 Å². The minimum Gasteiger partial charge on any atom is -0.493 e. The van der Waals surface area contributed by atoms with E-state index in [2.05, 4.69) is 26.2 Å². The number of amidine groups is 1. The van der Waals surface area contributed by atoms with Crippen LogP contribution in [-0.2, 0) is 11.4 Å². The summed E-state index contributed by atoms with van der Waals surface area (Å²) < 4.78 is 12.2. The number of nitro benzene ring substituents is 1. The van der Waals surface area contributed by atoms with E-state index >= 15 is 0 Å². The van der Waals surface area contributed by atoms with E-state index in [1.807, 2.05) is 30.3 Å². The van der Waals surface area contributed by atoms with Crippen molar-refractivity contribution in [1.29, 1.82) is 0 Å². The van der Waals surface area contributed by atoms with Gasteiger partial charge in [0.25, 0.3) is 11.6 Å². The number of hydrogen-bond acceptors (Lipinski definition) is 7. The molecule has 0 atom stereocenters. The fraction of sp³-hybridized carbons (Fsp3) is 0.0833. The number of halogens is 1. The molecule has 1 fully saturated rings. The van der Waals surface area contributed by atoms with Gasteiger partial charge in [-0.3, -0.25) is 14.9 Å². The Morgan fingerprint density at radius 2 is 1.91 bits per heavy atom. The van der Waals surface area contributed by atoms with E-state index in [0.29, 0.717) is 21.6 Å². The fourth-order valence-corrected chi connectivity index (χ4v) is 4.29. The minimum atomic E-state index is -0.445. The number of aliphatic imine (C=N–C) groups is 1. The second-order valence-electron chi connectivity index (χ2n) is 7.08. The third-order valence-corrected chi connectivity index (χ3v) is 6.12. The van der Waals surface area contributed by atoms with Crippen LogP contribution in [0.1, 0.15) is 11.1 Å². The average Bonchev–Trinajstić information content (AvgIpc) is 3.16. The average molecular weight is 540 g/mol. The lowest BCUT2D eigenvalue weighted by Gasteiger charge is -2.11. The van der Waals surface area contributed by atoms with E-state index in [-0.39, 0.29) is 18.2 Å². The molecule has 172 valence electrons. The number of nitrogens with one attached hydrogen (secondary N) is 1. The molecule has 1 heterocycles. The summed E-state index contributed by atoms with van der Waals surface area (Å²) in [5.41, 5.74) is 2.31. The van der Waals surface area contributed by atoms with Gasteiger partial charge in [-0.25, -0.2) is 4.99 Å². The molecule has 10 heteroatoms. The second kappa shape index (κ2) is 10.5. The van der Waals surface area contributed by atoms with Gasteiger partial charge in [0.1, 0.15) is 6.61 Å². The van der Waals surface area contributed by atoms with Crippen molar-refractivity contribution in [1.82, 2.24) is 5.32 Å². The van der Waals surface area contributed by atoms with E-state index in [1.54, 1.807) is 30.3 Å². The molecule has 0 aromatic heterocycles. The van der Waals surface area contributed by atoms with Crippen molar-refractivity contribution in [3.05, 3.63) is 97.3 Å².